The van der Waals surface area contributed by atoms with Gasteiger partial charge < -0.3 is 0 Å². The van der Waals surface area contributed by atoms with Crippen LogP contribution in [0.3, 0.4) is 0 Å². The minimum Gasteiger partial charge on any atom is -0.0622 e. The van der Waals surface area contributed by atoms with Gasteiger partial charge in [-0.15, -0.1) is 0 Å². The van der Waals surface area contributed by atoms with Crippen LogP contribution in [0.4, 0.5) is 0 Å². The zero-order valence-electron chi connectivity index (χ0n) is 14.4. The molecule has 23 heavy (non-hydrogen) atoms. The van der Waals surface area contributed by atoms with Gasteiger partial charge in [0, 0.05) is 0 Å². The molecular weight excluding hydrogens is 276 g/mol. The molecule has 0 aromatic heterocycles. The second-order valence-corrected chi connectivity index (χ2v) is 6.62. The van der Waals surface area contributed by atoms with Crippen LogP contribution in [0.5, 0.6) is 0 Å². The Hall–Kier alpha value is -2.34. The molecule has 0 atom stereocenters. The lowest BCUT2D eigenvalue weighted by Gasteiger charge is -2.16. The number of aryl methyl sites for hydroxylation is 2. The first-order chi connectivity index (χ1) is 11.1. The van der Waals surface area contributed by atoms with Crippen molar-refractivity contribution in [2.75, 3.05) is 0 Å². The van der Waals surface area contributed by atoms with Gasteiger partial charge in [0.05, 0.1) is 0 Å². The van der Waals surface area contributed by atoms with Crippen molar-refractivity contribution in [1.82, 2.24) is 0 Å². The Morgan fingerprint density at radius 3 is 1.91 bits per heavy atom. The average molecular weight is 300 g/mol. The smallest absolute Gasteiger partial charge is 0.0143 e. The highest BCUT2D eigenvalue weighted by atomic mass is 14.1. The molecule has 3 aromatic carbocycles. The third-order valence-corrected chi connectivity index (χ3v) is 4.60. The van der Waals surface area contributed by atoms with Gasteiger partial charge in [0.25, 0.3) is 0 Å². The van der Waals surface area contributed by atoms with Crippen molar-refractivity contribution in [3.63, 3.8) is 0 Å². The van der Waals surface area contributed by atoms with E-state index in [2.05, 4.69) is 94.4 Å². The SMILES string of the molecule is Cc1ccc(-c2ccc(C(C)C)c(-c3ccccc3)c2)cc1C. The molecule has 3 rings (SSSR count). The molecule has 0 spiro atoms. The first-order valence-corrected chi connectivity index (χ1v) is 8.33. The molecule has 0 saturated heterocycles. The quantitative estimate of drug-likeness (QED) is 0.501. The highest BCUT2D eigenvalue weighted by molar-refractivity contribution is 5.76. The third-order valence-electron chi connectivity index (χ3n) is 4.60. The number of hydrogen-bond donors (Lipinski definition) is 0. The molecular formula is C23H24. The second kappa shape index (κ2) is 6.42. The summed E-state index contributed by atoms with van der Waals surface area (Å²) in [6.07, 6.45) is 0. The van der Waals surface area contributed by atoms with E-state index in [9.17, 15) is 0 Å². The van der Waals surface area contributed by atoms with Gasteiger partial charge in [0.1, 0.15) is 0 Å². The highest BCUT2D eigenvalue weighted by Gasteiger charge is 2.10. The van der Waals surface area contributed by atoms with Gasteiger partial charge in [-0.3, -0.25) is 0 Å². The van der Waals surface area contributed by atoms with Gasteiger partial charge in [0.15, 0.2) is 0 Å². The average Bonchev–Trinajstić information content (AvgIpc) is 2.57. The van der Waals surface area contributed by atoms with E-state index >= 15 is 0 Å². The van der Waals surface area contributed by atoms with Crippen LogP contribution in [-0.2, 0) is 0 Å². The summed E-state index contributed by atoms with van der Waals surface area (Å²) >= 11 is 0. The van der Waals surface area contributed by atoms with Crippen molar-refractivity contribution in [2.45, 2.75) is 33.6 Å². The first-order valence-electron chi connectivity index (χ1n) is 8.33. The zero-order valence-corrected chi connectivity index (χ0v) is 14.4. The van der Waals surface area contributed by atoms with Gasteiger partial charge in [-0.05, 0) is 64.8 Å². The van der Waals surface area contributed by atoms with Gasteiger partial charge in [0.2, 0.25) is 0 Å². The van der Waals surface area contributed by atoms with E-state index in [0.29, 0.717) is 5.92 Å². The molecule has 3 aromatic rings. The maximum atomic E-state index is 2.34. The molecule has 0 bridgehead atoms. The summed E-state index contributed by atoms with van der Waals surface area (Å²) in [6, 6.07) is 24.3. The van der Waals surface area contributed by atoms with Crippen LogP contribution in [0.2, 0.25) is 0 Å². The number of hydrogen-bond acceptors (Lipinski definition) is 0. The minimum absolute atomic E-state index is 0.513. The van der Waals surface area contributed by atoms with Crippen molar-refractivity contribution in [3.05, 3.63) is 83.4 Å². The summed E-state index contributed by atoms with van der Waals surface area (Å²) in [5.41, 5.74) is 9.31. The van der Waals surface area contributed by atoms with Crippen LogP contribution in [0.25, 0.3) is 22.3 Å². The predicted molar refractivity (Wildman–Crippen MR) is 101 cm³/mol. The Labute approximate surface area is 139 Å². The minimum atomic E-state index is 0.513. The first kappa shape index (κ1) is 15.6. The standard InChI is InChI=1S/C23H24/c1-16(2)22-13-12-21(20-11-10-17(3)18(4)14-20)15-23(22)19-8-6-5-7-9-19/h5-16H,1-4H3. The molecule has 0 saturated carbocycles. The van der Waals surface area contributed by atoms with E-state index in [4.69, 9.17) is 0 Å². The summed E-state index contributed by atoms with van der Waals surface area (Å²) in [5.74, 6) is 0.513. The highest BCUT2D eigenvalue weighted by Crippen LogP contribution is 2.33. The zero-order chi connectivity index (χ0) is 16.4. The van der Waals surface area contributed by atoms with Crippen molar-refractivity contribution in [3.8, 4) is 22.3 Å². The van der Waals surface area contributed by atoms with Gasteiger partial charge in [-0.25, -0.2) is 0 Å². The molecule has 0 heterocycles. The Kier molecular flexibility index (Phi) is 4.34. The lowest BCUT2D eigenvalue weighted by molar-refractivity contribution is 0.869. The fraction of sp³-hybridized carbons (Fsp3) is 0.217. The van der Waals surface area contributed by atoms with E-state index < -0.39 is 0 Å². The second-order valence-electron chi connectivity index (χ2n) is 6.62. The summed E-state index contributed by atoms with van der Waals surface area (Å²) in [5, 5.41) is 0. The fourth-order valence-corrected chi connectivity index (χ4v) is 3.03. The maximum absolute atomic E-state index is 2.34. The Bertz CT molecular complexity index is 811. The molecule has 0 aliphatic rings. The van der Waals surface area contributed by atoms with E-state index in [-0.39, 0.29) is 0 Å². The Morgan fingerprint density at radius 1 is 0.609 bits per heavy atom. The molecule has 0 radical (unpaired) electrons. The van der Waals surface area contributed by atoms with E-state index in [1.807, 2.05) is 0 Å². The van der Waals surface area contributed by atoms with E-state index in [1.54, 1.807) is 0 Å². The molecule has 116 valence electrons. The van der Waals surface area contributed by atoms with Crippen LogP contribution in [-0.4, -0.2) is 0 Å². The third kappa shape index (κ3) is 3.22. The van der Waals surface area contributed by atoms with Crippen LogP contribution >= 0.6 is 0 Å². The summed E-state index contributed by atoms with van der Waals surface area (Å²) in [7, 11) is 0. The summed E-state index contributed by atoms with van der Waals surface area (Å²) in [4.78, 5) is 0. The topological polar surface area (TPSA) is 0 Å². The van der Waals surface area contributed by atoms with Crippen molar-refractivity contribution in [1.29, 1.82) is 0 Å². The lowest BCUT2D eigenvalue weighted by atomic mass is 9.89. The normalized spacial score (nSPS) is 11.0. The summed E-state index contributed by atoms with van der Waals surface area (Å²) in [6.45, 7) is 8.87. The van der Waals surface area contributed by atoms with Crippen LogP contribution < -0.4 is 0 Å². The fourth-order valence-electron chi connectivity index (χ4n) is 3.03. The molecule has 0 amide bonds. The van der Waals surface area contributed by atoms with Crippen molar-refractivity contribution in [2.24, 2.45) is 0 Å². The Balaban J connectivity index is 2.15. The monoisotopic (exact) mass is 300 g/mol. The number of benzene rings is 3. The van der Waals surface area contributed by atoms with Gasteiger partial charge in [-0.1, -0.05) is 74.5 Å². The summed E-state index contributed by atoms with van der Waals surface area (Å²) < 4.78 is 0. The lowest BCUT2D eigenvalue weighted by Crippen LogP contribution is -1.94. The molecule has 0 N–H and O–H groups in total. The molecule has 0 unspecified atom stereocenters. The van der Waals surface area contributed by atoms with Crippen molar-refractivity contribution < 1.29 is 0 Å². The molecule has 0 heteroatoms. The van der Waals surface area contributed by atoms with Crippen LogP contribution in [0.1, 0.15) is 36.5 Å². The molecule has 0 aliphatic heterocycles. The van der Waals surface area contributed by atoms with Gasteiger partial charge >= 0.3 is 0 Å². The Morgan fingerprint density at radius 2 is 1.26 bits per heavy atom. The van der Waals surface area contributed by atoms with Crippen molar-refractivity contribution >= 4 is 0 Å². The van der Waals surface area contributed by atoms with Crippen LogP contribution in [0, 0.1) is 13.8 Å². The predicted octanol–water partition coefficient (Wildman–Crippen LogP) is 6.76. The largest absolute Gasteiger partial charge is 0.0622 e. The van der Waals surface area contributed by atoms with Gasteiger partial charge in [-0.2, -0.15) is 0 Å². The number of rotatable bonds is 3. The maximum Gasteiger partial charge on any atom is -0.0143 e. The van der Waals surface area contributed by atoms with E-state index in [1.165, 1.54) is 38.9 Å². The molecule has 0 aliphatic carbocycles. The van der Waals surface area contributed by atoms with Crippen LogP contribution in [0.15, 0.2) is 66.7 Å². The van der Waals surface area contributed by atoms with E-state index in [0.717, 1.165) is 0 Å². The molecule has 0 nitrogen and oxygen atoms in total. The molecule has 0 fully saturated rings.